The fraction of sp³-hybridized carbons (Fsp3) is 0.353. The molecule has 2 aromatic rings. The van der Waals surface area contributed by atoms with E-state index in [0.717, 1.165) is 19.5 Å². The third-order valence-electron chi connectivity index (χ3n) is 3.82. The molecule has 22 heavy (non-hydrogen) atoms. The average Bonchev–Trinajstić information content (AvgIpc) is 3.17. The Hall–Kier alpha value is -2.14. The number of aryl methyl sites for hydroxylation is 1. The summed E-state index contributed by atoms with van der Waals surface area (Å²) in [5.41, 5.74) is 0.440. The van der Waals surface area contributed by atoms with Gasteiger partial charge < -0.3 is 15.1 Å². The van der Waals surface area contributed by atoms with Crippen LogP contribution in [0.2, 0.25) is 0 Å². The highest BCUT2D eigenvalue weighted by Gasteiger charge is 2.17. The molecule has 2 heterocycles. The molecule has 1 amide bonds. The van der Waals surface area contributed by atoms with Gasteiger partial charge in [0.05, 0.1) is 5.56 Å². The van der Waals surface area contributed by atoms with E-state index in [1.807, 2.05) is 0 Å². The maximum atomic E-state index is 13.7. The highest BCUT2D eigenvalue weighted by molar-refractivity contribution is 5.76. The largest absolute Gasteiger partial charge is 0.461 e. The molecule has 0 spiro atoms. The van der Waals surface area contributed by atoms with Crippen LogP contribution in [0.1, 0.15) is 18.6 Å². The van der Waals surface area contributed by atoms with E-state index in [9.17, 15) is 9.18 Å². The minimum Gasteiger partial charge on any atom is -0.461 e. The van der Waals surface area contributed by atoms with Crippen LogP contribution in [0.15, 0.2) is 40.8 Å². The van der Waals surface area contributed by atoms with Gasteiger partial charge in [-0.15, -0.1) is 0 Å². The zero-order valence-electron chi connectivity index (χ0n) is 12.3. The van der Waals surface area contributed by atoms with E-state index in [-0.39, 0.29) is 17.8 Å². The van der Waals surface area contributed by atoms with Gasteiger partial charge in [0.2, 0.25) is 5.91 Å². The van der Waals surface area contributed by atoms with Crippen LogP contribution in [0.25, 0.3) is 11.3 Å². The smallest absolute Gasteiger partial charge is 0.220 e. The molecule has 116 valence electrons. The van der Waals surface area contributed by atoms with E-state index < -0.39 is 0 Å². The van der Waals surface area contributed by atoms with Crippen LogP contribution in [0, 0.1) is 5.82 Å². The first-order chi connectivity index (χ1) is 10.7. The molecular weight excluding hydrogens is 283 g/mol. The Balaban J connectivity index is 1.55. The van der Waals surface area contributed by atoms with Crippen LogP contribution in [0.4, 0.5) is 4.39 Å². The summed E-state index contributed by atoms with van der Waals surface area (Å²) in [6, 6.07) is 10.3. The number of amides is 1. The Morgan fingerprint density at radius 2 is 2.18 bits per heavy atom. The Labute approximate surface area is 128 Å². The molecule has 0 radical (unpaired) electrons. The molecule has 3 rings (SSSR count). The van der Waals surface area contributed by atoms with Gasteiger partial charge in [-0.2, -0.15) is 0 Å². The molecule has 0 bridgehead atoms. The van der Waals surface area contributed by atoms with Gasteiger partial charge in [-0.3, -0.25) is 4.79 Å². The highest BCUT2D eigenvalue weighted by Crippen LogP contribution is 2.25. The molecule has 1 aromatic heterocycles. The normalized spacial score (nSPS) is 17.6. The maximum absolute atomic E-state index is 13.7. The second-order valence-corrected chi connectivity index (χ2v) is 5.50. The van der Waals surface area contributed by atoms with Crippen molar-refractivity contribution < 1.29 is 13.6 Å². The molecule has 0 aliphatic carbocycles. The summed E-state index contributed by atoms with van der Waals surface area (Å²) >= 11 is 0. The lowest BCUT2D eigenvalue weighted by Gasteiger charge is -2.10. The van der Waals surface area contributed by atoms with Crippen LogP contribution in [-0.4, -0.2) is 25.0 Å². The molecule has 0 saturated carbocycles. The highest BCUT2D eigenvalue weighted by atomic mass is 19.1. The van der Waals surface area contributed by atoms with Crippen molar-refractivity contribution in [3.8, 4) is 11.3 Å². The Morgan fingerprint density at radius 3 is 2.95 bits per heavy atom. The van der Waals surface area contributed by atoms with E-state index in [1.54, 1.807) is 30.3 Å². The van der Waals surface area contributed by atoms with Gasteiger partial charge in [0.1, 0.15) is 17.3 Å². The average molecular weight is 302 g/mol. The quantitative estimate of drug-likeness (QED) is 0.892. The second-order valence-electron chi connectivity index (χ2n) is 5.50. The van der Waals surface area contributed by atoms with Gasteiger partial charge in [-0.25, -0.2) is 4.39 Å². The standard InChI is InChI=1S/C17H19FN2O2/c18-15-4-2-1-3-14(15)16-7-5-13(22-16)6-8-17(21)20-12-9-10-19-11-12/h1-5,7,12,19H,6,8-11H2,(H,20,21). The van der Waals surface area contributed by atoms with Crippen LogP contribution in [0.3, 0.4) is 0 Å². The van der Waals surface area contributed by atoms with Crippen molar-refractivity contribution in [1.29, 1.82) is 0 Å². The zero-order valence-corrected chi connectivity index (χ0v) is 12.3. The molecule has 1 unspecified atom stereocenters. The topological polar surface area (TPSA) is 54.3 Å². The molecule has 4 nitrogen and oxygen atoms in total. The van der Waals surface area contributed by atoms with Gasteiger partial charge in [0.15, 0.2) is 0 Å². The SMILES string of the molecule is O=C(CCc1ccc(-c2ccccc2F)o1)NC1CCNC1. The van der Waals surface area contributed by atoms with Crippen molar-refractivity contribution >= 4 is 5.91 Å². The summed E-state index contributed by atoms with van der Waals surface area (Å²) in [5, 5.41) is 6.20. The fourth-order valence-corrected chi connectivity index (χ4v) is 2.63. The van der Waals surface area contributed by atoms with E-state index >= 15 is 0 Å². The first-order valence-electron chi connectivity index (χ1n) is 7.56. The molecule has 1 aromatic carbocycles. The van der Waals surface area contributed by atoms with Gasteiger partial charge in [0, 0.05) is 25.4 Å². The Kier molecular flexibility index (Phi) is 4.53. The third kappa shape index (κ3) is 3.54. The number of hydrogen-bond donors (Lipinski definition) is 2. The maximum Gasteiger partial charge on any atom is 0.220 e. The summed E-state index contributed by atoms with van der Waals surface area (Å²) in [6.45, 7) is 1.79. The molecule has 1 aliphatic rings. The van der Waals surface area contributed by atoms with Crippen LogP contribution < -0.4 is 10.6 Å². The first-order valence-corrected chi connectivity index (χ1v) is 7.56. The minimum absolute atomic E-state index is 0.0255. The number of halogens is 1. The van der Waals surface area contributed by atoms with Crippen molar-refractivity contribution in [3.05, 3.63) is 48.0 Å². The molecule has 5 heteroatoms. The van der Waals surface area contributed by atoms with Crippen molar-refractivity contribution in [3.63, 3.8) is 0 Å². The van der Waals surface area contributed by atoms with E-state index in [0.29, 0.717) is 29.9 Å². The molecule has 1 fully saturated rings. The Morgan fingerprint density at radius 1 is 1.32 bits per heavy atom. The summed E-state index contributed by atoms with van der Waals surface area (Å²) in [4.78, 5) is 11.9. The summed E-state index contributed by atoms with van der Waals surface area (Å²) in [7, 11) is 0. The Bertz CT molecular complexity index is 648. The lowest BCUT2D eigenvalue weighted by molar-refractivity contribution is -0.121. The first kappa shape index (κ1) is 14.8. The van der Waals surface area contributed by atoms with E-state index in [2.05, 4.69) is 10.6 Å². The molecule has 1 saturated heterocycles. The summed E-state index contributed by atoms with van der Waals surface area (Å²) < 4.78 is 19.3. The monoisotopic (exact) mass is 302 g/mol. The van der Waals surface area contributed by atoms with Crippen molar-refractivity contribution in [2.24, 2.45) is 0 Å². The van der Waals surface area contributed by atoms with Crippen LogP contribution >= 0.6 is 0 Å². The molecule has 1 aliphatic heterocycles. The molecule has 1 atom stereocenters. The zero-order chi connectivity index (χ0) is 15.4. The van der Waals surface area contributed by atoms with E-state index in [4.69, 9.17) is 4.42 Å². The number of rotatable bonds is 5. The molecular formula is C17H19FN2O2. The number of nitrogens with one attached hydrogen (secondary N) is 2. The second kappa shape index (κ2) is 6.75. The number of furan rings is 1. The lowest BCUT2D eigenvalue weighted by Crippen LogP contribution is -2.36. The van der Waals surface area contributed by atoms with Gasteiger partial charge in [0.25, 0.3) is 0 Å². The number of hydrogen-bond acceptors (Lipinski definition) is 3. The number of carbonyl (C=O) groups excluding carboxylic acids is 1. The van der Waals surface area contributed by atoms with Crippen molar-refractivity contribution in [1.82, 2.24) is 10.6 Å². The third-order valence-corrected chi connectivity index (χ3v) is 3.82. The van der Waals surface area contributed by atoms with Gasteiger partial charge >= 0.3 is 0 Å². The minimum atomic E-state index is -0.310. The molecule has 2 N–H and O–H groups in total. The van der Waals surface area contributed by atoms with Crippen LogP contribution in [0.5, 0.6) is 0 Å². The summed E-state index contributed by atoms with van der Waals surface area (Å²) in [5.74, 6) is 0.902. The number of benzene rings is 1. The summed E-state index contributed by atoms with van der Waals surface area (Å²) in [6.07, 6.45) is 1.87. The van der Waals surface area contributed by atoms with Crippen LogP contribution in [-0.2, 0) is 11.2 Å². The van der Waals surface area contributed by atoms with Crippen molar-refractivity contribution in [2.45, 2.75) is 25.3 Å². The predicted molar refractivity (Wildman–Crippen MR) is 81.8 cm³/mol. The van der Waals surface area contributed by atoms with E-state index in [1.165, 1.54) is 6.07 Å². The van der Waals surface area contributed by atoms with Gasteiger partial charge in [-0.05, 0) is 37.2 Å². The lowest BCUT2D eigenvalue weighted by atomic mass is 10.1. The van der Waals surface area contributed by atoms with Gasteiger partial charge in [-0.1, -0.05) is 12.1 Å². The predicted octanol–water partition coefficient (Wildman–Crippen LogP) is 2.50. The number of carbonyl (C=O) groups is 1. The van der Waals surface area contributed by atoms with Crippen molar-refractivity contribution in [2.75, 3.05) is 13.1 Å². The fourth-order valence-electron chi connectivity index (χ4n) is 2.63.